The second kappa shape index (κ2) is 8.07. The number of aromatic nitrogens is 4. The number of ether oxygens (including phenoxy) is 1. The molecule has 0 N–H and O–H groups in total. The number of aryl methyl sites for hydroxylation is 2. The fourth-order valence-electron chi connectivity index (χ4n) is 3.21. The van der Waals surface area contributed by atoms with Crippen LogP contribution in [0, 0.1) is 6.92 Å². The van der Waals surface area contributed by atoms with Crippen molar-refractivity contribution in [3.05, 3.63) is 41.5 Å². The van der Waals surface area contributed by atoms with Gasteiger partial charge < -0.3 is 4.74 Å². The van der Waals surface area contributed by atoms with Gasteiger partial charge in [0.05, 0.1) is 12.8 Å². The van der Waals surface area contributed by atoms with Crippen LogP contribution in [0.4, 0.5) is 0 Å². The Kier molecular flexibility index (Phi) is 5.59. The molecule has 0 spiro atoms. The molecule has 27 heavy (non-hydrogen) atoms. The molecule has 7 heteroatoms. The zero-order valence-corrected chi connectivity index (χ0v) is 15.7. The molecule has 3 heterocycles. The summed E-state index contributed by atoms with van der Waals surface area (Å²) < 4.78 is 6.79. The number of aldehydes is 1. The Labute approximate surface area is 157 Å². The Morgan fingerprint density at radius 3 is 2.74 bits per heavy atom. The first-order chi connectivity index (χ1) is 13.1. The van der Waals surface area contributed by atoms with Crippen molar-refractivity contribution in [3.8, 4) is 11.1 Å². The summed E-state index contributed by atoms with van der Waals surface area (Å²) in [4.78, 5) is 32.5. The number of nitrogens with zero attached hydrogens (tertiary/aromatic N) is 4. The van der Waals surface area contributed by atoms with Gasteiger partial charge in [0.25, 0.3) is 0 Å². The predicted molar refractivity (Wildman–Crippen MR) is 102 cm³/mol. The molecule has 3 aromatic rings. The zero-order valence-electron chi connectivity index (χ0n) is 15.7. The van der Waals surface area contributed by atoms with Gasteiger partial charge in [0.15, 0.2) is 11.9 Å². The molecule has 0 amide bonds. The van der Waals surface area contributed by atoms with E-state index in [2.05, 4.69) is 15.1 Å². The SMILES string of the molecule is CCOC(=O)CCc1c(C=O)nc2c(cnn2CC)c1-c1cncc(C)c1. The average molecular weight is 366 g/mol. The van der Waals surface area contributed by atoms with Crippen LogP contribution in [0.15, 0.2) is 24.7 Å². The molecular formula is C20H22N4O3. The number of fused-ring (bicyclic) bond motifs is 1. The van der Waals surface area contributed by atoms with Gasteiger partial charge in [-0.05, 0) is 44.4 Å². The number of hydrogen-bond donors (Lipinski definition) is 0. The minimum Gasteiger partial charge on any atom is -0.466 e. The molecule has 0 aromatic carbocycles. The van der Waals surface area contributed by atoms with Gasteiger partial charge in [-0.1, -0.05) is 0 Å². The van der Waals surface area contributed by atoms with Gasteiger partial charge in [-0.15, -0.1) is 0 Å². The van der Waals surface area contributed by atoms with Crippen molar-refractivity contribution in [3.63, 3.8) is 0 Å². The highest BCUT2D eigenvalue weighted by Crippen LogP contribution is 2.33. The molecular weight excluding hydrogens is 344 g/mol. The summed E-state index contributed by atoms with van der Waals surface area (Å²) in [5.41, 5.74) is 4.41. The molecule has 7 nitrogen and oxygen atoms in total. The van der Waals surface area contributed by atoms with E-state index in [1.807, 2.05) is 19.9 Å². The van der Waals surface area contributed by atoms with Crippen LogP contribution in [-0.2, 0) is 22.5 Å². The van der Waals surface area contributed by atoms with Gasteiger partial charge in [0, 0.05) is 41.9 Å². The fraction of sp³-hybridized carbons (Fsp3) is 0.350. The molecule has 0 bridgehead atoms. The summed E-state index contributed by atoms with van der Waals surface area (Å²) in [6.45, 7) is 6.67. The van der Waals surface area contributed by atoms with Crippen molar-refractivity contribution < 1.29 is 14.3 Å². The lowest BCUT2D eigenvalue weighted by Gasteiger charge is -2.14. The maximum Gasteiger partial charge on any atom is 0.306 e. The first-order valence-corrected chi connectivity index (χ1v) is 9.00. The van der Waals surface area contributed by atoms with E-state index < -0.39 is 0 Å². The van der Waals surface area contributed by atoms with Gasteiger partial charge in [-0.2, -0.15) is 5.10 Å². The maximum atomic E-state index is 11.9. The number of rotatable bonds is 7. The number of pyridine rings is 2. The first kappa shape index (κ1) is 18.7. The first-order valence-electron chi connectivity index (χ1n) is 9.00. The maximum absolute atomic E-state index is 11.9. The van der Waals surface area contributed by atoms with E-state index in [9.17, 15) is 9.59 Å². The molecule has 0 saturated carbocycles. The third-order valence-electron chi connectivity index (χ3n) is 4.38. The van der Waals surface area contributed by atoms with Crippen molar-refractivity contribution in [1.29, 1.82) is 0 Å². The third-order valence-corrected chi connectivity index (χ3v) is 4.38. The Morgan fingerprint density at radius 1 is 1.26 bits per heavy atom. The molecule has 0 aliphatic rings. The summed E-state index contributed by atoms with van der Waals surface area (Å²) >= 11 is 0. The molecule has 0 aliphatic carbocycles. The van der Waals surface area contributed by atoms with E-state index in [1.54, 1.807) is 30.2 Å². The lowest BCUT2D eigenvalue weighted by Crippen LogP contribution is -2.09. The minimum absolute atomic E-state index is 0.177. The van der Waals surface area contributed by atoms with E-state index in [0.717, 1.165) is 28.4 Å². The molecule has 0 unspecified atom stereocenters. The van der Waals surface area contributed by atoms with E-state index in [4.69, 9.17) is 4.74 Å². The highest BCUT2D eigenvalue weighted by molar-refractivity contribution is 5.98. The van der Waals surface area contributed by atoms with Crippen LogP contribution in [-0.4, -0.2) is 38.6 Å². The van der Waals surface area contributed by atoms with Gasteiger partial charge in [-0.3, -0.25) is 14.6 Å². The topological polar surface area (TPSA) is 87.0 Å². The Bertz CT molecular complexity index is 994. The van der Waals surface area contributed by atoms with Crippen molar-refractivity contribution in [2.24, 2.45) is 0 Å². The molecule has 3 aromatic heterocycles. The zero-order chi connectivity index (χ0) is 19.4. The number of carbonyl (C=O) groups excluding carboxylic acids is 2. The van der Waals surface area contributed by atoms with Crippen molar-refractivity contribution >= 4 is 23.3 Å². The Balaban J connectivity index is 2.23. The van der Waals surface area contributed by atoms with Crippen LogP contribution in [0.2, 0.25) is 0 Å². The molecule has 0 atom stereocenters. The smallest absolute Gasteiger partial charge is 0.306 e. The summed E-state index contributed by atoms with van der Waals surface area (Å²) in [6.07, 6.45) is 6.56. The van der Waals surface area contributed by atoms with Crippen LogP contribution in [0.25, 0.3) is 22.2 Å². The van der Waals surface area contributed by atoms with Crippen LogP contribution in [0.3, 0.4) is 0 Å². The fourth-order valence-corrected chi connectivity index (χ4v) is 3.21. The van der Waals surface area contributed by atoms with Crippen LogP contribution in [0.1, 0.15) is 41.9 Å². The van der Waals surface area contributed by atoms with Crippen molar-refractivity contribution in [1.82, 2.24) is 19.7 Å². The van der Waals surface area contributed by atoms with Crippen molar-refractivity contribution in [2.75, 3.05) is 6.61 Å². The molecule has 0 fully saturated rings. The third kappa shape index (κ3) is 3.72. The normalized spacial score (nSPS) is 10.9. The molecule has 0 saturated heterocycles. The molecule has 140 valence electrons. The van der Waals surface area contributed by atoms with E-state index in [0.29, 0.717) is 36.5 Å². The standard InChI is InChI=1S/C20H22N4O3/c1-4-24-20-16(11-22-24)19(14-8-13(3)9-21-10-14)15(17(12-25)23-20)6-7-18(26)27-5-2/h8-12H,4-7H2,1-3H3. The van der Waals surface area contributed by atoms with E-state index in [1.165, 1.54) is 0 Å². The lowest BCUT2D eigenvalue weighted by molar-refractivity contribution is -0.143. The summed E-state index contributed by atoms with van der Waals surface area (Å²) in [5.74, 6) is -0.299. The Hall–Kier alpha value is -3.09. The van der Waals surface area contributed by atoms with E-state index in [-0.39, 0.29) is 12.4 Å². The van der Waals surface area contributed by atoms with Crippen molar-refractivity contribution in [2.45, 2.75) is 40.2 Å². The highest BCUT2D eigenvalue weighted by atomic mass is 16.5. The van der Waals surface area contributed by atoms with Gasteiger partial charge in [-0.25, -0.2) is 9.67 Å². The number of hydrogen-bond acceptors (Lipinski definition) is 6. The largest absolute Gasteiger partial charge is 0.466 e. The molecule has 3 rings (SSSR count). The lowest BCUT2D eigenvalue weighted by atomic mass is 9.94. The van der Waals surface area contributed by atoms with Gasteiger partial charge in [0.2, 0.25) is 0 Å². The average Bonchev–Trinajstić information content (AvgIpc) is 3.07. The summed E-state index contributed by atoms with van der Waals surface area (Å²) in [5, 5.41) is 5.23. The van der Waals surface area contributed by atoms with Crippen LogP contribution in [0.5, 0.6) is 0 Å². The number of esters is 1. The highest BCUT2D eigenvalue weighted by Gasteiger charge is 2.20. The van der Waals surface area contributed by atoms with Crippen LogP contribution < -0.4 is 0 Å². The van der Waals surface area contributed by atoms with Gasteiger partial charge >= 0.3 is 5.97 Å². The Morgan fingerprint density at radius 2 is 2.07 bits per heavy atom. The minimum atomic E-state index is -0.299. The second-order valence-corrected chi connectivity index (χ2v) is 6.22. The summed E-state index contributed by atoms with van der Waals surface area (Å²) in [6, 6.07) is 2.01. The monoisotopic (exact) mass is 366 g/mol. The molecule has 0 aliphatic heterocycles. The quantitative estimate of drug-likeness (QED) is 0.472. The number of carbonyl (C=O) groups is 2. The second-order valence-electron chi connectivity index (χ2n) is 6.22. The molecule has 0 radical (unpaired) electrons. The predicted octanol–water partition coefficient (Wildman–Crippen LogP) is 3.13. The van der Waals surface area contributed by atoms with E-state index >= 15 is 0 Å². The van der Waals surface area contributed by atoms with Crippen LogP contribution >= 0.6 is 0 Å². The van der Waals surface area contributed by atoms with Gasteiger partial charge in [0.1, 0.15) is 5.69 Å². The summed E-state index contributed by atoms with van der Waals surface area (Å²) in [7, 11) is 0.